The van der Waals surface area contributed by atoms with Crippen molar-refractivity contribution in [2.24, 2.45) is 0 Å². The van der Waals surface area contributed by atoms with Gasteiger partial charge in [-0.25, -0.2) is 8.42 Å². The Bertz CT molecular complexity index is 664. The summed E-state index contributed by atoms with van der Waals surface area (Å²) < 4.78 is 26.2. The second-order valence-electron chi connectivity index (χ2n) is 5.24. The Morgan fingerprint density at radius 2 is 1.56 bits per heavy atom. The predicted molar refractivity (Wildman–Crippen MR) is 76.2 cm³/mol. The molecule has 2 aromatic carbocycles. The number of hydrogen-bond donors (Lipinski definition) is 1. The summed E-state index contributed by atoms with van der Waals surface area (Å²) in [6, 6.07) is 13.3. The highest BCUT2D eigenvalue weighted by Gasteiger charge is 2.29. The van der Waals surface area contributed by atoms with Crippen LogP contribution in [0.15, 0.2) is 42.5 Å². The van der Waals surface area contributed by atoms with Gasteiger partial charge in [0.25, 0.3) is 0 Å². The number of rotatable bonds is 2. The third-order valence-corrected chi connectivity index (χ3v) is 4.94. The number of hydrogen-bond acceptors (Lipinski definition) is 2. The molecule has 0 atom stereocenters. The van der Waals surface area contributed by atoms with Gasteiger partial charge in [-0.2, -0.15) is 0 Å². The molecule has 96 valence electrons. The van der Waals surface area contributed by atoms with E-state index in [0.29, 0.717) is 5.69 Å². The van der Waals surface area contributed by atoms with Gasteiger partial charge in [-0.3, -0.25) is 4.72 Å². The Morgan fingerprint density at radius 1 is 0.944 bits per heavy atom. The van der Waals surface area contributed by atoms with Crippen LogP contribution in [0.5, 0.6) is 0 Å². The molecule has 0 saturated carbocycles. The second-order valence-corrected chi connectivity index (χ2v) is 7.68. The molecule has 0 unspecified atom stereocenters. The van der Waals surface area contributed by atoms with Gasteiger partial charge in [0.15, 0.2) is 0 Å². The van der Waals surface area contributed by atoms with Crippen molar-refractivity contribution in [3.63, 3.8) is 0 Å². The molecule has 3 nitrogen and oxygen atoms in total. The minimum Gasteiger partial charge on any atom is -0.282 e. The number of sulfonamides is 1. The van der Waals surface area contributed by atoms with E-state index in [1.807, 2.05) is 36.4 Å². The van der Waals surface area contributed by atoms with Crippen LogP contribution in [-0.4, -0.2) is 13.2 Å². The molecule has 0 aliphatic rings. The highest BCUT2D eigenvalue weighted by atomic mass is 32.2. The van der Waals surface area contributed by atoms with Gasteiger partial charge in [-0.1, -0.05) is 36.4 Å². The van der Waals surface area contributed by atoms with Crippen molar-refractivity contribution < 1.29 is 8.42 Å². The monoisotopic (exact) mass is 263 g/mol. The first-order valence-corrected chi connectivity index (χ1v) is 7.30. The van der Waals surface area contributed by atoms with Crippen LogP contribution in [0.1, 0.15) is 20.8 Å². The van der Waals surface area contributed by atoms with E-state index < -0.39 is 14.8 Å². The van der Waals surface area contributed by atoms with Crippen LogP contribution >= 0.6 is 0 Å². The molecule has 0 saturated heterocycles. The molecule has 2 aromatic rings. The van der Waals surface area contributed by atoms with E-state index in [1.54, 1.807) is 26.8 Å². The highest BCUT2D eigenvalue weighted by molar-refractivity contribution is 7.94. The smallest absolute Gasteiger partial charge is 0.237 e. The van der Waals surface area contributed by atoms with Gasteiger partial charge in [0.2, 0.25) is 10.0 Å². The Hall–Kier alpha value is -1.55. The molecule has 0 spiro atoms. The third-order valence-electron chi connectivity index (χ3n) is 2.84. The van der Waals surface area contributed by atoms with E-state index >= 15 is 0 Å². The summed E-state index contributed by atoms with van der Waals surface area (Å²) in [5.74, 6) is 0. The van der Waals surface area contributed by atoms with Gasteiger partial charge in [-0.15, -0.1) is 0 Å². The van der Waals surface area contributed by atoms with E-state index in [1.165, 1.54) is 0 Å². The third kappa shape index (κ3) is 2.34. The second kappa shape index (κ2) is 4.28. The largest absolute Gasteiger partial charge is 0.282 e. The Morgan fingerprint density at radius 3 is 2.22 bits per heavy atom. The van der Waals surface area contributed by atoms with E-state index in [4.69, 9.17) is 0 Å². The maximum absolute atomic E-state index is 12.2. The Kier molecular flexibility index (Phi) is 3.07. The first-order chi connectivity index (χ1) is 8.31. The first kappa shape index (κ1) is 12.9. The molecular weight excluding hydrogens is 246 g/mol. The standard InChI is InChI=1S/C14H17NO2S/c1-14(2,3)18(16,17)15-13-10-6-8-11-7-4-5-9-12(11)13/h4-10,15H,1-3H3. The molecule has 2 rings (SSSR count). The zero-order chi connectivity index (χ0) is 13.4. The molecule has 0 aromatic heterocycles. The average molecular weight is 263 g/mol. The van der Waals surface area contributed by atoms with E-state index in [2.05, 4.69) is 4.72 Å². The van der Waals surface area contributed by atoms with Crippen LogP contribution in [0.4, 0.5) is 5.69 Å². The summed E-state index contributed by atoms with van der Waals surface area (Å²) in [5, 5.41) is 1.93. The average Bonchev–Trinajstić information content (AvgIpc) is 2.27. The number of nitrogens with one attached hydrogen (secondary N) is 1. The lowest BCUT2D eigenvalue weighted by Crippen LogP contribution is -2.33. The van der Waals surface area contributed by atoms with Crippen molar-refractivity contribution in [1.29, 1.82) is 0 Å². The molecule has 0 radical (unpaired) electrons. The molecule has 0 aliphatic heterocycles. The summed E-state index contributed by atoms with van der Waals surface area (Å²) in [6.45, 7) is 5.04. The topological polar surface area (TPSA) is 46.2 Å². The van der Waals surface area contributed by atoms with E-state index in [9.17, 15) is 8.42 Å². The summed E-state index contributed by atoms with van der Waals surface area (Å²) in [6.07, 6.45) is 0. The molecule has 18 heavy (non-hydrogen) atoms. The number of benzene rings is 2. The van der Waals surface area contributed by atoms with Crippen molar-refractivity contribution in [3.05, 3.63) is 42.5 Å². The lowest BCUT2D eigenvalue weighted by molar-refractivity contribution is 0.566. The minimum absolute atomic E-state index is 0.628. The number of anilines is 1. The van der Waals surface area contributed by atoms with Gasteiger partial charge in [0, 0.05) is 5.39 Å². The molecule has 0 aliphatic carbocycles. The van der Waals surface area contributed by atoms with Crippen LogP contribution in [0.25, 0.3) is 10.8 Å². The van der Waals surface area contributed by atoms with Gasteiger partial charge < -0.3 is 0 Å². The van der Waals surface area contributed by atoms with Crippen molar-refractivity contribution in [2.45, 2.75) is 25.5 Å². The molecule has 1 N–H and O–H groups in total. The van der Waals surface area contributed by atoms with E-state index in [0.717, 1.165) is 10.8 Å². The predicted octanol–water partition coefficient (Wildman–Crippen LogP) is 3.38. The van der Waals surface area contributed by atoms with Crippen LogP contribution in [0.3, 0.4) is 0 Å². The van der Waals surface area contributed by atoms with Crippen LogP contribution in [0.2, 0.25) is 0 Å². The fourth-order valence-electron chi connectivity index (χ4n) is 1.61. The quantitative estimate of drug-likeness (QED) is 0.902. The molecule has 4 heteroatoms. The van der Waals surface area contributed by atoms with Crippen molar-refractivity contribution in [1.82, 2.24) is 0 Å². The molecule has 0 heterocycles. The lowest BCUT2D eigenvalue weighted by atomic mass is 10.1. The van der Waals surface area contributed by atoms with Crippen molar-refractivity contribution >= 4 is 26.5 Å². The SMILES string of the molecule is CC(C)(C)S(=O)(=O)Nc1cccc2ccccc12. The Balaban J connectivity index is 2.51. The molecule has 0 amide bonds. The Labute approximate surface area is 108 Å². The van der Waals surface area contributed by atoms with Gasteiger partial charge in [-0.05, 0) is 32.2 Å². The molecule has 0 fully saturated rings. The zero-order valence-corrected chi connectivity index (χ0v) is 11.6. The summed E-state index contributed by atoms with van der Waals surface area (Å²) in [4.78, 5) is 0. The summed E-state index contributed by atoms with van der Waals surface area (Å²) in [7, 11) is -3.39. The number of fused-ring (bicyclic) bond motifs is 1. The van der Waals surface area contributed by atoms with Gasteiger partial charge in [0.1, 0.15) is 0 Å². The molecular formula is C14H17NO2S. The van der Waals surface area contributed by atoms with Gasteiger partial charge in [0.05, 0.1) is 10.4 Å². The minimum atomic E-state index is -3.39. The maximum atomic E-state index is 12.2. The van der Waals surface area contributed by atoms with Crippen LogP contribution < -0.4 is 4.72 Å². The maximum Gasteiger partial charge on any atom is 0.237 e. The normalized spacial score (nSPS) is 12.6. The first-order valence-electron chi connectivity index (χ1n) is 5.81. The highest BCUT2D eigenvalue weighted by Crippen LogP contribution is 2.26. The van der Waals surface area contributed by atoms with Gasteiger partial charge >= 0.3 is 0 Å². The lowest BCUT2D eigenvalue weighted by Gasteiger charge is -2.21. The fourth-order valence-corrected chi connectivity index (χ4v) is 2.39. The summed E-state index contributed by atoms with van der Waals surface area (Å²) in [5.41, 5.74) is 0.628. The van der Waals surface area contributed by atoms with Crippen LogP contribution in [-0.2, 0) is 10.0 Å². The van der Waals surface area contributed by atoms with E-state index in [-0.39, 0.29) is 0 Å². The van der Waals surface area contributed by atoms with Crippen molar-refractivity contribution in [3.8, 4) is 0 Å². The summed E-state index contributed by atoms with van der Waals surface area (Å²) >= 11 is 0. The molecule has 0 bridgehead atoms. The van der Waals surface area contributed by atoms with Crippen LogP contribution in [0, 0.1) is 0 Å². The van der Waals surface area contributed by atoms with Crippen molar-refractivity contribution in [2.75, 3.05) is 4.72 Å². The zero-order valence-electron chi connectivity index (χ0n) is 10.8. The fraction of sp³-hybridized carbons (Fsp3) is 0.286.